The molecule has 1 unspecified atom stereocenters. The molecular formula is C15H28N2O. The highest BCUT2D eigenvalue weighted by Crippen LogP contribution is 2.39. The first kappa shape index (κ1) is 14.0. The second-order valence-corrected chi connectivity index (χ2v) is 6.01. The zero-order valence-electron chi connectivity index (χ0n) is 11.8. The van der Waals surface area contributed by atoms with Crippen LogP contribution in [-0.2, 0) is 4.74 Å². The highest BCUT2D eigenvalue weighted by molar-refractivity contribution is 5.04. The Balaban J connectivity index is 2.02. The first-order valence-corrected chi connectivity index (χ1v) is 7.38. The van der Waals surface area contributed by atoms with Gasteiger partial charge in [0.25, 0.3) is 0 Å². The van der Waals surface area contributed by atoms with Crippen molar-refractivity contribution in [1.29, 1.82) is 0 Å². The highest BCUT2D eigenvalue weighted by Gasteiger charge is 2.44. The van der Waals surface area contributed by atoms with E-state index in [0.29, 0.717) is 0 Å². The maximum Gasteiger partial charge on any atom is 0.0594 e. The number of morpholine rings is 1. The Bertz CT molecular complexity index is 278. The van der Waals surface area contributed by atoms with Gasteiger partial charge in [0, 0.05) is 24.7 Å². The van der Waals surface area contributed by atoms with E-state index < -0.39 is 0 Å². The lowest BCUT2D eigenvalue weighted by molar-refractivity contribution is -0.0315. The zero-order chi connectivity index (χ0) is 13.0. The molecule has 0 aromatic carbocycles. The Kier molecular flexibility index (Phi) is 4.82. The van der Waals surface area contributed by atoms with Gasteiger partial charge in [-0.15, -0.1) is 6.58 Å². The van der Waals surface area contributed by atoms with Crippen LogP contribution >= 0.6 is 0 Å². The molecule has 0 spiro atoms. The molecule has 3 nitrogen and oxygen atoms in total. The average Bonchev–Trinajstić information content (AvgIpc) is 2.87. The number of nitrogens with zero attached hydrogens (tertiary/aromatic N) is 1. The lowest BCUT2D eigenvalue weighted by Gasteiger charge is -2.47. The summed E-state index contributed by atoms with van der Waals surface area (Å²) in [4.78, 5) is 2.62. The van der Waals surface area contributed by atoms with E-state index in [1.54, 1.807) is 0 Å². The van der Waals surface area contributed by atoms with E-state index in [1.807, 2.05) is 0 Å². The summed E-state index contributed by atoms with van der Waals surface area (Å²) < 4.78 is 5.49. The average molecular weight is 252 g/mol. The van der Waals surface area contributed by atoms with Crippen molar-refractivity contribution >= 4 is 0 Å². The van der Waals surface area contributed by atoms with Gasteiger partial charge >= 0.3 is 0 Å². The summed E-state index contributed by atoms with van der Waals surface area (Å²) >= 11 is 0. The molecule has 1 atom stereocenters. The van der Waals surface area contributed by atoms with Gasteiger partial charge in [0.15, 0.2) is 0 Å². The normalized spacial score (nSPS) is 26.1. The third kappa shape index (κ3) is 2.95. The third-order valence-corrected chi connectivity index (χ3v) is 4.68. The Morgan fingerprint density at radius 1 is 1.33 bits per heavy atom. The van der Waals surface area contributed by atoms with Gasteiger partial charge in [-0.05, 0) is 32.6 Å². The van der Waals surface area contributed by atoms with Crippen LogP contribution in [0, 0.1) is 0 Å². The fraction of sp³-hybridized carbons (Fsp3) is 0.867. The van der Waals surface area contributed by atoms with Gasteiger partial charge in [-0.1, -0.05) is 18.4 Å². The van der Waals surface area contributed by atoms with Gasteiger partial charge in [0.2, 0.25) is 0 Å². The minimum absolute atomic E-state index is 0.249. The van der Waals surface area contributed by atoms with Gasteiger partial charge in [-0.25, -0.2) is 0 Å². The SMILES string of the molecule is C=C(C)CCC(N)C1(N2CCOCC2)CCCC1. The van der Waals surface area contributed by atoms with Gasteiger partial charge in [-0.3, -0.25) is 4.90 Å². The van der Waals surface area contributed by atoms with Crippen LogP contribution in [-0.4, -0.2) is 42.8 Å². The van der Waals surface area contributed by atoms with Crippen molar-refractivity contribution in [2.45, 2.75) is 57.0 Å². The smallest absolute Gasteiger partial charge is 0.0594 e. The third-order valence-electron chi connectivity index (χ3n) is 4.68. The summed E-state index contributed by atoms with van der Waals surface area (Å²) in [5, 5.41) is 0. The molecule has 0 aromatic rings. The lowest BCUT2D eigenvalue weighted by atomic mass is 9.83. The molecule has 1 saturated carbocycles. The second-order valence-electron chi connectivity index (χ2n) is 6.01. The molecule has 104 valence electrons. The van der Waals surface area contributed by atoms with Crippen LogP contribution in [0.3, 0.4) is 0 Å². The van der Waals surface area contributed by atoms with E-state index in [9.17, 15) is 0 Å². The molecule has 0 aromatic heterocycles. The predicted molar refractivity (Wildman–Crippen MR) is 75.6 cm³/mol. The van der Waals surface area contributed by atoms with Crippen molar-refractivity contribution in [1.82, 2.24) is 4.90 Å². The van der Waals surface area contributed by atoms with E-state index in [-0.39, 0.29) is 11.6 Å². The fourth-order valence-corrected chi connectivity index (χ4v) is 3.59. The first-order chi connectivity index (χ1) is 8.65. The fourth-order valence-electron chi connectivity index (χ4n) is 3.59. The number of ether oxygens (including phenoxy) is 1. The first-order valence-electron chi connectivity index (χ1n) is 7.38. The molecule has 1 aliphatic carbocycles. The molecule has 0 bridgehead atoms. The quantitative estimate of drug-likeness (QED) is 0.763. The monoisotopic (exact) mass is 252 g/mol. The van der Waals surface area contributed by atoms with E-state index in [4.69, 9.17) is 10.5 Å². The van der Waals surface area contributed by atoms with Crippen molar-refractivity contribution in [2.75, 3.05) is 26.3 Å². The van der Waals surface area contributed by atoms with Crippen LogP contribution in [0.15, 0.2) is 12.2 Å². The van der Waals surface area contributed by atoms with Crippen molar-refractivity contribution in [3.63, 3.8) is 0 Å². The van der Waals surface area contributed by atoms with Gasteiger partial charge in [-0.2, -0.15) is 0 Å². The van der Waals surface area contributed by atoms with Crippen LogP contribution in [0.2, 0.25) is 0 Å². The van der Waals surface area contributed by atoms with Gasteiger partial charge in [0.05, 0.1) is 13.2 Å². The molecule has 18 heavy (non-hydrogen) atoms. The summed E-state index contributed by atoms with van der Waals surface area (Å²) in [7, 11) is 0. The number of allylic oxidation sites excluding steroid dienone is 1. The number of nitrogens with two attached hydrogens (primary N) is 1. The Hall–Kier alpha value is -0.380. The maximum atomic E-state index is 6.57. The summed E-state index contributed by atoms with van der Waals surface area (Å²) in [6.45, 7) is 9.95. The number of hydrogen-bond acceptors (Lipinski definition) is 3. The van der Waals surface area contributed by atoms with Crippen LogP contribution in [0.4, 0.5) is 0 Å². The van der Waals surface area contributed by atoms with E-state index in [2.05, 4.69) is 18.4 Å². The zero-order valence-corrected chi connectivity index (χ0v) is 11.8. The summed E-state index contributed by atoms with van der Waals surface area (Å²) in [6, 6.07) is 0.287. The van der Waals surface area contributed by atoms with Crippen LogP contribution in [0.25, 0.3) is 0 Å². The van der Waals surface area contributed by atoms with Gasteiger partial charge in [0.1, 0.15) is 0 Å². The van der Waals surface area contributed by atoms with Gasteiger partial charge < -0.3 is 10.5 Å². The molecule has 2 rings (SSSR count). The lowest BCUT2D eigenvalue weighted by Crippen LogP contribution is -2.61. The summed E-state index contributed by atoms with van der Waals surface area (Å²) in [5.41, 5.74) is 8.07. The number of rotatable bonds is 5. The molecule has 2 fully saturated rings. The molecular weight excluding hydrogens is 224 g/mol. The second kappa shape index (κ2) is 6.18. The predicted octanol–water partition coefficient (Wildman–Crippen LogP) is 2.31. The summed E-state index contributed by atoms with van der Waals surface area (Å²) in [5.74, 6) is 0. The minimum Gasteiger partial charge on any atom is -0.379 e. The Morgan fingerprint density at radius 3 is 2.50 bits per heavy atom. The largest absolute Gasteiger partial charge is 0.379 e. The summed E-state index contributed by atoms with van der Waals surface area (Å²) in [6.07, 6.45) is 7.34. The highest BCUT2D eigenvalue weighted by atomic mass is 16.5. The molecule has 0 amide bonds. The molecule has 1 aliphatic heterocycles. The topological polar surface area (TPSA) is 38.5 Å². The van der Waals surface area contributed by atoms with E-state index >= 15 is 0 Å². The van der Waals surface area contributed by atoms with Crippen LogP contribution < -0.4 is 5.73 Å². The van der Waals surface area contributed by atoms with E-state index in [1.165, 1.54) is 31.3 Å². The maximum absolute atomic E-state index is 6.57. The Morgan fingerprint density at radius 2 is 1.94 bits per heavy atom. The molecule has 0 radical (unpaired) electrons. The molecule has 1 heterocycles. The Labute approximate surface area is 111 Å². The van der Waals surface area contributed by atoms with Crippen molar-refractivity contribution in [2.24, 2.45) is 5.73 Å². The molecule has 1 saturated heterocycles. The van der Waals surface area contributed by atoms with Crippen molar-refractivity contribution in [3.8, 4) is 0 Å². The molecule has 2 N–H and O–H groups in total. The van der Waals surface area contributed by atoms with Crippen LogP contribution in [0.5, 0.6) is 0 Å². The number of hydrogen-bond donors (Lipinski definition) is 1. The minimum atomic E-state index is 0.249. The van der Waals surface area contributed by atoms with Crippen molar-refractivity contribution < 1.29 is 4.74 Å². The molecule has 2 aliphatic rings. The van der Waals surface area contributed by atoms with E-state index in [0.717, 1.165) is 39.1 Å². The van der Waals surface area contributed by atoms with Crippen molar-refractivity contribution in [3.05, 3.63) is 12.2 Å². The standard InChI is InChI=1S/C15H28N2O/c1-13(2)5-6-14(16)15(7-3-4-8-15)17-9-11-18-12-10-17/h14H,1,3-12,16H2,2H3. The molecule has 3 heteroatoms. The van der Waals surface area contributed by atoms with Crippen LogP contribution in [0.1, 0.15) is 45.4 Å².